The van der Waals surface area contributed by atoms with Gasteiger partial charge in [0, 0.05) is 9.13 Å². The van der Waals surface area contributed by atoms with Gasteiger partial charge in [0.05, 0.1) is 6.26 Å². The van der Waals surface area contributed by atoms with Crippen molar-refractivity contribution in [3.63, 3.8) is 0 Å². The van der Waals surface area contributed by atoms with Crippen LogP contribution in [0.25, 0.3) is 11.5 Å². The Kier molecular flexibility index (Phi) is 3.97. The van der Waals surface area contributed by atoms with E-state index in [1.54, 1.807) is 0 Å². The molecule has 0 bridgehead atoms. The summed E-state index contributed by atoms with van der Waals surface area (Å²) in [5.41, 5.74) is 0.772. The summed E-state index contributed by atoms with van der Waals surface area (Å²) in [6, 6.07) is 7.51. The highest BCUT2D eigenvalue weighted by Crippen LogP contribution is 2.19. The van der Waals surface area contributed by atoms with Crippen molar-refractivity contribution >= 4 is 32.7 Å². The Morgan fingerprint density at radius 1 is 1.28 bits per heavy atom. The number of hydrogen-bond acceptors (Lipinski definition) is 6. The zero-order valence-electron chi connectivity index (χ0n) is 9.33. The average Bonchev–Trinajstić information content (AvgIpc) is 2.75. The summed E-state index contributed by atoms with van der Waals surface area (Å²) in [6.07, 6.45) is 0.962. The molecule has 96 valence electrons. The Morgan fingerprint density at radius 2 is 1.94 bits per heavy atom. The van der Waals surface area contributed by atoms with Crippen LogP contribution in [0, 0.1) is 3.57 Å². The largest absolute Gasteiger partial charge is 0.418 e. The molecule has 0 amide bonds. The molecule has 0 aliphatic heterocycles. The molecule has 1 heterocycles. The van der Waals surface area contributed by atoms with Gasteiger partial charge < -0.3 is 4.42 Å². The van der Waals surface area contributed by atoms with Crippen molar-refractivity contribution in [3.8, 4) is 11.5 Å². The first-order valence-electron chi connectivity index (χ1n) is 4.87. The highest BCUT2D eigenvalue weighted by atomic mass is 127. The zero-order chi connectivity index (χ0) is 13.2. The Morgan fingerprint density at radius 3 is 2.56 bits per heavy atom. The zero-order valence-corrected chi connectivity index (χ0v) is 12.3. The van der Waals surface area contributed by atoms with Gasteiger partial charge in [0.15, 0.2) is 0 Å². The number of aromatic nitrogens is 2. The van der Waals surface area contributed by atoms with E-state index in [0.29, 0.717) is 5.89 Å². The minimum atomic E-state index is -3.51. The molecule has 0 fully saturated rings. The van der Waals surface area contributed by atoms with Gasteiger partial charge in [-0.05, 0) is 46.9 Å². The van der Waals surface area contributed by atoms with Crippen molar-refractivity contribution < 1.29 is 17.0 Å². The molecule has 0 radical (unpaired) electrons. The highest BCUT2D eigenvalue weighted by molar-refractivity contribution is 14.1. The maximum absolute atomic E-state index is 10.8. The molecule has 1 aromatic carbocycles. The molecule has 2 rings (SSSR count). The summed E-state index contributed by atoms with van der Waals surface area (Å²) in [5.74, 6) is 0.451. The maximum Gasteiger partial charge on any atom is 0.264 e. The third-order valence-corrected chi connectivity index (χ3v) is 3.22. The lowest BCUT2D eigenvalue weighted by molar-refractivity contribution is 0.271. The van der Waals surface area contributed by atoms with Gasteiger partial charge in [-0.3, -0.25) is 4.18 Å². The van der Waals surface area contributed by atoms with Crippen LogP contribution >= 0.6 is 22.6 Å². The molecule has 0 spiro atoms. The van der Waals surface area contributed by atoms with Gasteiger partial charge in [0.1, 0.15) is 6.61 Å². The van der Waals surface area contributed by atoms with Crippen molar-refractivity contribution in [3.05, 3.63) is 33.7 Å². The Labute approximate surface area is 118 Å². The molecule has 0 saturated carbocycles. The van der Waals surface area contributed by atoms with E-state index in [1.807, 2.05) is 24.3 Å². The number of benzene rings is 1. The molecule has 6 nitrogen and oxygen atoms in total. The van der Waals surface area contributed by atoms with Gasteiger partial charge in [-0.1, -0.05) is 0 Å². The predicted octanol–water partition coefficient (Wildman–Crippen LogP) is 1.82. The molecule has 1 aromatic heterocycles. The standard InChI is InChI=1S/C10H9IN2O4S/c1-18(14,15)16-6-9-12-13-10(17-9)7-2-4-8(11)5-3-7/h2-5H,6H2,1H3. The summed E-state index contributed by atoms with van der Waals surface area (Å²) in [7, 11) is -3.51. The second-order valence-corrected chi connectivity index (χ2v) is 6.36. The van der Waals surface area contributed by atoms with Crippen LogP contribution in [-0.2, 0) is 20.9 Å². The van der Waals surface area contributed by atoms with Gasteiger partial charge >= 0.3 is 0 Å². The van der Waals surface area contributed by atoms with Crippen molar-refractivity contribution in [2.45, 2.75) is 6.61 Å². The summed E-state index contributed by atoms with van der Waals surface area (Å²) >= 11 is 2.19. The van der Waals surface area contributed by atoms with Gasteiger partial charge in [0.2, 0.25) is 11.8 Å². The van der Waals surface area contributed by atoms with E-state index in [-0.39, 0.29) is 12.5 Å². The molecule has 0 unspecified atom stereocenters. The van der Waals surface area contributed by atoms with Gasteiger partial charge in [-0.15, -0.1) is 10.2 Å². The average molecular weight is 380 g/mol. The summed E-state index contributed by atoms with van der Waals surface area (Å²) in [6.45, 7) is -0.254. The first kappa shape index (κ1) is 13.4. The molecular formula is C10H9IN2O4S. The van der Waals surface area contributed by atoms with E-state index < -0.39 is 10.1 Å². The fourth-order valence-corrected chi connectivity index (χ4v) is 1.85. The van der Waals surface area contributed by atoms with Crippen molar-refractivity contribution in [1.29, 1.82) is 0 Å². The minimum absolute atomic E-state index is 0.119. The van der Waals surface area contributed by atoms with E-state index >= 15 is 0 Å². The van der Waals surface area contributed by atoms with Crippen LogP contribution in [0.15, 0.2) is 28.7 Å². The Bertz CT molecular complexity index is 636. The van der Waals surface area contributed by atoms with Crippen molar-refractivity contribution in [2.75, 3.05) is 6.26 Å². The maximum atomic E-state index is 10.8. The fraction of sp³-hybridized carbons (Fsp3) is 0.200. The monoisotopic (exact) mass is 380 g/mol. The lowest BCUT2D eigenvalue weighted by Gasteiger charge is -1.96. The fourth-order valence-electron chi connectivity index (χ4n) is 1.18. The lowest BCUT2D eigenvalue weighted by atomic mass is 10.2. The smallest absolute Gasteiger partial charge is 0.264 e. The molecule has 0 saturated heterocycles. The second-order valence-electron chi connectivity index (χ2n) is 3.47. The molecule has 8 heteroatoms. The molecular weight excluding hydrogens is 371 g/mol. The first-order chi connectivity index (χ1) is 8.44. The van der Waals surface area contributed by atoms with Gasteiger partial charge in [-0.25, -0.2) is 0 Å². The van der Waals surface area contributed by atoms with Crippen LogP contribution in [0.5, 0.6) is 0 Å². The third-order valence-electron chi connectivity index (χ3n) is 1.95. The minimum Gasteiger partial charge on any atom is -0.418 e. The second kappa shape index (κ2) is 5.33. The molecule has 0 N–H and O–H groups in total. The van der Waals surface area contributed by atoms with Crippen LogP contribution in [0.3, 0.4) is 0 Å². The molecule has 18 heavy (non-hydrogen) atoms. The highest BCUT2D eigenvalue weighted by Gasteiger charge is 2.11. The number of rotatable bonds is 4. The van der Waals surface area contributed by atoms with Gasteiger partial charge in [0.25, 0.3) is 10.1 Å². The molecule has 0 aliphatic carbocycles. The number of nitrogens with zero attached hydrogens (tertiary/aromatic N) is 2. The Balaban J connectivity index is 2.13. The van der Waals surface area contributed by atoms with E-state index in [2.05, 4.69) is 37.0 Å². The van der Waals surface area contributed by atoms with Crippen LogP contribution < -0.4 is 0 Å². The number of halogens is 1. The summed E-state index contributed by atoms with van der Waals surface area (Å²) in [5, 5.41) is 7.53. The Hall–Kier alpha value is -1.00. The van der Waals surface area contributed by atoms with E-state index in [4.69, 9.17) is 4.42 Å². The van der Waals surface area contributed by atoms with Crippen LogP contribution in [-0.4, -0.2) is 24.9 Å². The topological polar surface area (TPSA) is 82.3 Å². The summed E-state index contributed by atoms with van der Waals surface area (Å²) < 4.78 is 32.6. The van der Waals surface area contributed by atoms with E-state index in [0.717, 1.165) is 15.4 Å². The van der Waals surface area contributed by atoms with Gasteiger partial charge in [-0.2, -0.15) is 8.42 Å². The predicted molar refractivity (Wildman–Crippen MR) is 72.1 cm³/mol. The lowest BCUT2D eigenvalue weighted by Crippen LogP contribution is -2.02. The quantitative estimate of drug-likeness (QED) is 0.595. The molecule has 0 atom stereocenters. The van der Waals surface area contributed by atoms with Crippen LogP contribution in [0.4, 0.5) is 0 Å². The van der Waals surface area contributed by atoms with Crippen molar-refractivity contribution in [1.82, 2.24) is 10.2 Å². The molecule has 2 aromatic rings. The van der Waals surface area contributed by atoms with Crippen molar-refractivity contribution in [2.24, 2.45) is 0 Å². The number of hydrogen-bond donors (Lipinski definition) is 0. The molecule has 0 aliphatic rings. The van der Waals surface area contributed by atoms with Crippen LogP contribution in [0.2, 0.25) is 0 Å². The third kappa shape index (κ3) is 3.75. The van der Waals surface area contributed by atoms with E-state index in [9.17, 15) is 8.42 Å². The summed E-state index contributed by atoms with van der Waals surface area (Å²) in [4.78, 5) is 0. The normalized spacial score (nSPS) is 11.7. The van der Waals surface area contributed by atoms with Crippen LogP contribution in [0.1, 0.15) is 5.89 Å². The first-order valence-corrected chi connectivity index (χ1v) is 7.76. The SMILES string of the molecule is CS(=O)(=O)OCc1nnc(-c2ccc(I)cc2)o1. The van der Waals surface area contributed by atoms with E-state index in [1.165, 1.54) is 0 Å².